The number of thiocarbonyl (C=S) groups is 1. The van der Waals surface area contributed by atoms with Crippen LogP contribution in [0.4, 0.5) is 4.79 Å². The molecule has 0 aliphatic carbocycles. The zero-order valence-corrected chi connectivity index (χ0v) is 29.4. The highest BCUT2D eigenvalue weighted by Gasteiger charge is 2.43. The highest BCUT2D eigenvalue weighted by molar-refractivity contribution is 7.80. The van der Waals surface area contributed by atoms with Gasteiger partial charge in [0.1, 0.15) is 35.3 Å². The molecule has 0 bridgehead atoms. The van der Waals surface area contributed by atoms with Gasteiger partial charge in [-0.1, -0.05) is 69.7 Å². The number of rotatable bonds is 12. The zero-order chi connectivity index (χ0) is 35.2. The summed E-state index contributed by atoms with van der Waals surface area (Å²) in [5.41, 5.74) is 1.53. The fraction of sp³-hybridized carbons (Fsp3) is 0.472. The first-order valence-corrected chi connectivity index (χ1v) is 16.7. The van der Waals surface area contributed by atoms with Crippen molar-refractivity contribution in [2.45, 2.75) is 90.6 Å². The summed E-state index contributed by atoms with van der Waals surface area (Å²) in [5, 5.41) is 16.3. The van der Waals surface area contributed by atoms with Gasteiger partial charge >= 0.3 is 12.1 Å². The second kappa shape index (κ2) is 15.6. The summed E-state index contributed by atoms with van der Waals surface area (Å²) in [4.78, 5) is 45.7. The van der Waals surface area contributed by atoms with Crippen LogP contribution < -0.4 is 20.1 Å². The molecule has 12 heteroatoms. The van der Waals surface area contributed by atoms with Gasteiger partial charge in [0.2, 0.25) is 5.91 Å². The monoisotopic (exact) mass is 678 g/mol. The Morgan fingerprint density at radius 3 is 2.40 bits per heavy atom. The van der Waals surface area contributed by atoms with Crippen molar-refractivity contribution in [2.75, 3.05) is 13.7 Å². The van der Waals surface area contributed by atoms with Crippen LogP contribution in [-0.2, 0) is 14.3 Å². The smallest absolute Gasteiger partial charge is 0.408 e. The van der Waals surface area contributed by atoms with Crippen LogP contribution in [0.3, 0.4) is 0 Å². The van der Waals surface area contributed by atoms with E-state index in [2.05, 4.69) is 10.6 Å². The summed E-state index contributed by atoms with van der Waals surface area (Å²) in [5.74, 6) is -0.460. The number of alkyl carbamates (subject to hydrolysis) is 1. The summed E-state index contributed by atoms with van der Waals surface area (Å²) in [6.07, 6.45) is 0.0662. The number of amides is 2. The van der Waals surface area contributed by atoms with Gasteiger partial charge in [0.25, 0.3) is 0 Å². The van der Waals surface area contributed by atoms with E-state index in [4.69, 9.17) is 31.4 Å². The van der Waals surface area contributed by atoms with E-state index < -0.39 is 41.9 Å². The summed E-state index contributed by atoms with van der Waals surface area (Å²) >= 11 is 5.78. The molecule has 258 valence electrons. The number of aromatic nitrogens is 1. The third kappa shape index (κ3) is 9.12. The summed E-state index contributed by atoms with van der Waals surface area (Å²) in [7, 11) is 1.60. The molecule has 48 heavy (non-hydrogen) atoms. The summed E-state index contributed by atoms with van der Waals surface area (Å²) < 4.78 is 17.6. The Balaban J connectivity index is 1.70. The number of ether oxygens (including phenoxy) is 3. The van der Waals surface area contributed by atoms with Crippen LogP contribution in [0.1, 0.15) is 60.8 Å². The first kappa shape index (κ1) is 36.4. The van der Waals surface area contributed by atoms with Crippen molar-refractivity contribution in [1.82, 2.24) is 20.5 Å². The Kier molecular flexibility index (Phi) is 11.9. The number of nitrogens with one attached hydrogen (secondary N) is 2. The molecule has 4 atom stereocenters. The maximum absolute atomic E-state index is 14.2. The molecule has 1 aromatic heterocycles. The molecule has 11 nitrogen and oxygen atoms in total. The van der Waals surface area contributed by atoms with Gasteiger partial charge in [-0.05, 0) is 45.2 Å². The highest BCUT2D eigenvalue weighted by Crippen LogP contribution is 2.35. The van der Waals surface area contributed by atoms with Gasteiger partial charge in [-0.2, -0.15) is 0 Å². The zero-order valence-electron chi connectivity index (χ0n) is 28.6. The van der Waals surface area contributed by atoms with Crippen molar-refractivity contribution < 1.29 is 33.7 Å². The molecular formula is C36H46N4O7S. The predicted octanol–water partition coefficient (Wildman–Crippen LogP) is 5.98. The number of hydrogen-bond donors (Lipinski definition) is 3. The number of benzene rings is 2. The van der Waals surface area contributed by atoms with E-state index >= 15 is 0 Å². The highest BCUT2D eigenvalue weighted by atomic mass is 32.1. The van der Waals surface area contributed by atoms with Crippen LogP contribution in [0.15, 0.2) is 54.6 Å². The van der Waals surface area contributed by atoms with Crippen LogP contribution in [0.25, 0.3) is 22.2 Å². The Bertz CT molecular complexity index is 1630. The van der Waals surface area contributed by atoms with Gasteiger partial charge in [0.05, 0.1) is 35.9 Å². The minimum Gasteiger partial charge on any atom is -0.497 e. The minimum absolute atomic E-state index is 0.149. The normalized spacial score (nSPS) is 17.5. The molecule has 2 heterocycles. The second-order valence-electron chi connectivity index (χ2n) is 13.3. The molecule has 1 fully saturated rings. The number of carbonyl (C=O) groups is 3. The number of carbonyl (C=O) groups excluding carboxylic acids is 2. The number of pyridine rings is 1. The Labute approximate surface area is 287 Å². The molecule has 1 aliphatic heterocycles. The third-order valence-electron chi connectivity index (χ3n) is 7.99. The molecule has 2 aromatic carbocycles. The average Bonchev–Trinajstić information content (AvgIpc) is 3.46. The maximum Gasteiger partial charge on any atom is 0.408 e. The Morgan fingerprint density at radius 2 is 1.79 bits per heavy atom. The SMILES string of the molecule is CCCC(NC(=S)[C@@H]1CC(Oc2cc(-c3ccccc3)nc3cc(OC)ccc23)CN1C(=O)[C@@H](NC(=O)OC(C)(C)C)C(C)C)C(=O)O. The number of carboxylic acids is 1. The standard InChI is InChI=1S/C36H46N4O7S/c1-8-12-26(34(42)43)38-32(48)29-18-24(20-40(29)33(41)31(21(2)3)39-35(44)47-36(4,5)6)46-30-19-27(22-13-10-9-11-14-22)37-28-17-23(45-7)15-16-25(28)30/h9-11,13-17,19,21,24,26,29,31H,8,12,18,20H2,1-7H3,(H,38,48)(H,39,44)(H,42,43)/t24?,26?,29-,31-/m0/s1. The van der Waals surface area contributed by atoms with E-state index in [-0.39, 0.29) is 23.4 Å². The number of aliphatic carboxylic acids is 1. The van der Waals surface area contributed by atoms with Gasteiger partial charge in [-0.15, -0.1) is 0 Å². The van der Waals surface area contributed by atoms with E-state index in [0.29, 0.717) is 42.0 Å². The molecule has 0 saturated carbocycles. The lowest BCUT2D eigenvalue weighted by Gasteiger charge is -2.32. The molecule has 4 rings (SSSR count). The molecule has 2 amide bonds. The average molecular weight is 679 g/mol. The van der Waals surface area contributed by atoms with Crippen molar-refractivity contribution >= 4 is 46.1 Å². The number of methoxy groups -OCH3 is 1. The number of likely N-dealkylation sites (tertiary alicyclic amines) is 1. The molecule has 3 N–H and O–H groups in total. The van der Waals surface area contributed by atoms with Crippen LogP contribution in [0.2, 0.25) is 0 Å². The predicted molar refractivity (Wildman–Crippen MR) is 188 cm³/mol. The summed E-state index contributed by atoms with van der Waals surface area (Å²) in [6, 6.07) is 14.7. The van der Waals surface area contributed by atoms with Crippen molar-refractivity contribution in [1.29, 1.82) is 0 Å². The fourth-order valence-electron chi connectivity index (χ4n) is 5.65. The van der Waals surface area contributed by atoms with Gasteiger partial charge in [0.15, 0.2) is 0 Å². The number of carboxylic acid groups (broad SMARTS) is 1. The van der Waals surface area contributed by atoms with E-state index in [1.54, 1.807) is 32.8 Å². The maximum atomic E-state index is 14.2. The first-order chi connectivity index (χ1) is 22.7. The molecule has 0 radical (unpaired) electrons. The molecule has 1 aliphatic rings. The molecule has 3 aromatic rings. The van der Waals surface area contributed by atoms with Gasteiger partial charge < -0.3 is 34.9 Å². The van der Waals surface area contributed by atoms with Gasteiger partial charge in [0, 0.05) is 29.5 Å². The number of nitrogens with zero attached hydrogens (tertiary/aromatic N) is 2. The van der Waals surface area contributed by atoms with Crippen LogP contribution in [0.5, 0.6) is 11.5 Å². The van der Waals surface area contributed by atoms with Crippen molar-refractivity contribution in [3.63, 3.8) is 0 Å². The van der Waals surface area contributed by atoms with E-state index in [9.17, 15) is 19.5 Å². The lowest BCUT2D eigenvalue weighted by atomic mass is 10.0. The van der Waals surface area contributed by atoms with Crippen molar-refractivity contribution in [3.05, 3.63) is 54.6 Å². The third-order valence-corrected chi connectivity index (χ3v) is 8.38. The molecular weight excluding hydrogens is 632 g/mol. The molecule has 0 spiro atoms. The quantitative estimate of drug-likeness (QED) is 0.196. The lowest BCUT2D eigenvalue weighted by molar-refractivity contribution is -0.139. The minimum atomic E-state index is -1.03. The lowest BCUT2D eigenvalue weighted by Crippen LogP contribution is -2.56. The van der Waals surface area contributed by atoms with E-state index in [1.165, 1.54) is 0 Å². The molecule has 2 unspecified atom stereocenters. The Hall–Kier alpha value is -4.45. The largest absolute Gasteiger partial charge is 0.497 e. The van der Waals surface area contributed by atoms with E-state index in [0.717, 1.165) is 10.9 Å². The topological polar surface area (TPSA) is 139 Å². The number of fused-ring (bicyclic) bond motifs is 1. The second-order valence-corrected chi connectivity index (χ2v) is 13.7. The number of hydrogen-bond acceptors (Lipinski definition) is 8. The van der Waals surface area contributed by atoms with Crippen molar-refractivity contribution in [2.24, 2.45) is 5.92 Å². The first-order valence-electron chi connectivity index (χ1n) is 16.2. The summed E-state index contributed by atoms with van der Waals surface area (Å²) in [6.45, 7) is 11.0. The van der Waals surface area contributed by atoms with Crippen LogP contribution >= 0.6 is 12.2 Å². The Morgan fingerprint density at radius 1 is 1.08 bits per heavy atom. The van der Waals surface area contributed by atoms with Crippen molar-refractivity contribution in [3.8, 4) is 22.8 Å². The van der Waals surface area contributed by atoms with Gasteiger partial charge in [-0.3, -0.25) is 4.79 Å². The van der Waals surface area contributed by atoms with E-state index in [1.807, 2.05) is 75.4 Å². The fourth-order valence-corrected chi connectivity index (χ4v) is 6.02. The van der Waals surface area contributed by atoms with Crippen LogP contribution in [0, 0.1) is 5.92 Å². The molecule has 1 saturated heterocycles. The van der Waals surface area contributed by atoms with Gasteiger partial charge in [-0.25, -0.2) is 14.6 Å². The van der Waals surface area contributed by atoms with Crippen LogP contribution in [-0.4, -0.2) is 81.4 Å².